The van der Waals surface area contributed by atoms with Crippen molar-refractivity contribution in [2.75, 3.05) is 44.6 Å². The first kappa shape index (κ1) is 14.2. The highest BCUT2D eigenvalue weighted by molar-refractivity contribution is 5.38. The average Bonchev–Trinajstić information content (AvgIpc) is 3.01. The quantitative estimate of drug-likeness (QED) is 0.741. The number of anilines is 2. The summed E-state index contributed by atoms with van der Waals surface area (Å²) >= 11 is 0. The van der Waals surface area contributed by atoms with Crippen LogP contribution in [0.3, 0.4) is 0 Å². The number of methoxy groups -OCH3 is 1. The van der Waals surface area contributed by atoms with Crippen LogP contribution >= 0.6 is 0 Å². The van der Waals surface area contributed by atoms with Crippen molar-refractivity contribution in [2.45, 2.75) is 6.42 Å². The lowest BCUT2D eigenvalue weighted by molar-refractivity contribution is 0.196. The first-order valence-electron chi connectivity index (χ1n) is 6.38. The maximum absolute atomic E-state index is 5.05. The van der Waals surface area contributed by atoms with Gasteiger partial charge in [-0.25, -0.2) is 4.68 Å². The molecule has 2 aromatic heterocycles. The third kappa shape index (κ3) is 3.41. The highest BCUT2D eigenvalue weighted by atomic mass is 16.5. The highest BCUT2D eigenvalue weighted by Crippen LogP contribution is 2.11. The van der Waals surface area contributed by atoms with Crippen LogP contribution in [0.5, 0.6) is 0 Å². The molecule has 0 aliphatic carbocycles. The summed E-state index contributed by atoms with van der Waals surface area (Å²) in [5.41, 5.74) is 0. The fourth-order valence-corrected chi connectivity index (χ4v) is 1.67. The molecule has 20 heavy (non-hydrogen) atoms. The Hall–Kier alpha value is -2.22. The SMILES string of the molecule is CNc1nc(N(C)CCCOC)nc(-n2cccn2)n1. The largest absolute Gasteiger partial charge is 0.385 e. The third-order valence-corrected chi connectivity index (χ3v) is 2.73. The number of rotatable bonds is 7. The van der Waals surface area contributed by atoms with E-state index in [2.05, 4.69) is 25.4 Å². The number of ether oxygens (including phenoxy) is 1. The van der Waals surface area contributed by atoms with Gasteiger partial charge in [0.1, 0.15) is 0 Å². The lowest BCUT2D eigenvalue weighted by Crippen LogP contribution is -2.23. The van der Waals surface area contributed by atoms with Gasteiger partial charge in [-0.05, 0) is 12.5 Å². The minimum absolute atomic E-state index is 0.489. The van der Waals surface area contributed by atoms with Crippen LogP contribution in [0.15, 0.2) is 18.5 Å². The molecule has 0 amide bonds. The normalized spacial score (nSPS) is 10.6. The molecule has 0 radical (unpaired) electrons. The highest BCUT2D eigenvalue weighted by Gasteiger charge is 2.11. The molecule has 0 fully saturated rings. The minimum Gasteiger partial charge on any atom is -0.385 e. The van der Waals surface area contributed by atoms with E-state index in [1.54, 1.807) is 31.2 Å². The van der Waals surface area contributed by atoms with Crippen LogP contribution in [0.2, 0.25) is 0 Å². The summed E-state index contributed by atoms with van der Waals surface area (Å²) in [4.78, 5) is 15.0. The van der Waals surface area contributed by atoms with Gasteiger partial charge in [-0.2, -0.15) is 20.1 Å². The maximum atomic E-state index is 5.05. The number of hydrogen-bond donors (Lipinski definition) is 1. The standard InChI is InChI=1S/C12H19N7O/c1-13-10-15-11(18(2)7-5-9-20-3)17-12(16-10)19-8-4-6-14-19/h4,6,8H,5,7,9H2,1-3H3,(H,13,15,16,17). The minimum atomic E-state index is 0.489. The number of nitrogens with one attached hydrogen (secondary N) is 1. The van der Waals surface area contributed by atoms with Gasteiger partial charge in [0.2, 0.25) is 11.9 Å². The molecular formula is C12H19N7O. The van der Waals surface area contributed by atoms with Crippen LogP contribution in [0.4, 0.5) is 11.9 Å². The van der Waals surface area contributed by atoms with Gasteiger partial charge < -0.3 is 15.0 Å². The Bertz CT molecular complexity index is 529. The van der Waals surface area contributed by atoms with Crippen molar-refractivity contribution in [1.29, 1.82) is 0 Å². The first-order valence-corrected chi connectivity index (χ1v) is 6.38. The molecule has 0 aromatic carbocycles. The number of hydrogen-bond acceptors (Lipinski definition) is 7. The molecule has 108 valence electrons. The molecule has 2 heterocycles. The van der Waals surface area contributed by atoms with Gasteiger partial charge in [0.25, 0.3) is 5.95 Å². The summed E-state index contributed by atoms with van der Waals surface area (Å²) in [7, 11) is 5.41. The predicted octanol–water partition coefficient (Wildman–Crippen LogP) is 0.572. The summed E-state index contributed by atoms with van der Waals surface area (Å²) in [5.74, 6) is 1.60. The summed E-state index contributed by atoms with van der Waals surface area (Å²) in [5, 5.41) is 7.07. The van der Waals surface area contributed by atoms with Crippen molar-refractivity contribution in [3.8, 4) is 5.95 Å². The molecule has 0 aliphatic heterocycles. The van der Waals surface area contributed by atoms with E-state index in [4.69, 9.17) is 4.74 Å². The lowest BCUT2D eigenvalue weighted by Gasteiger charge is -2.17. The molecule has 2 aromatic rings. The van der Waals surface area contributed by atoms with Crippen molar-refractivity contribution in [3.63, 3.8) is 0 Å². The monoisotopic (exact) mass is 277 g/mol. The van der Waals surface area contributed by atoms with Gasteiger partial charge in [-0.1, -0.05) is 0 Å². The Labute approximate surface area is 117 Å². The number of aromatic nitrogens is 5. The summed E-state index contributed by atoms with van der Waals surface area (Å²) in [6.45, 7) is 1.51. The second-order valence-electron chi connectivity index (χ2n) is 4.23. The molecule has 0 atom stereocenters. The van der Waals surface area contributed by atoms with Gasteiger partial charge in [-0.15, -0.1) is 0 Å². The molecule has 8 nitrogen and oxygen atoms in total. The first-order chi connectivity index (χ1) is 9.74. The second-order valence-corrected chi connectivity index (χ2v) is 4.23. The van der Waals surface area contributed by atoms with E-state index in [1.807, 2.05) is 18.0 Å². The van der Waals surface area contributed by atoms with E-state index >= 15 is 0 Å². The van der Waals surface area contributed by atoms with E-state index in [-0.39, 0.29) is 0 Å². The molecule has 1 N–H and O–H groups in total. The second kappa shape index (κ2) is 6.80. The van der Waals surface area contributed by atoms with E-state index in [0.717, 1.165) is 13.0 Å². The predicted molar refractivity (Wildman–Crippen MR) is 76.3 cm³/mol. The van der Waals surface area contributed by atoms with Crippen molar-refractivity contribution in [2.24, 2.45) is 0 Å². The Morgan fingerprint density at radius 1 is 1.35 bits per heavy atom. The van der Waals surface area contributed by atoms with Crippen molar-refractivity contribution in [3.05, 3.63) is 18.5 Å². The zero-order valence-corrected chi connectivity index (χ0v) is 11.9. The van der Waals surface area contributed by atoms with Crippen LogP contribution < -0.4 is 10.2 Å². The third-order valence-electron chi connectivity index (χ3n) is 2.73. The summed E-state index contributed by atoms with van der Waals surface area (Å²) < 4.78 is 6.66. The molecular weight excluding hydrogens is 258 g/mol. The zero-order valence-electron chi connectivity index (χ0n) is 11.9. The molecule has 2 rings (SSSR count). The Morgan fingerprint density at radius 2 is 2.20 bits per heavy atom. The average molecular weight is 277 g/mol. The molecule has 0 saturated carbocycles. The van der Waals surface area contributed by atoms with Crippen LogP contribution in [0, 0.1) is 0 Å². The lowest BCUT2D eigenvalue weighted by atomic mass is 10.4. The van der Waals surface area contributed by atoms with Gasteiger partial charge in [0, 0.05) is 46.8 Å². The zero-order chi connectivity index (χ0) is 14.4. The fourth-order valence-electron chi connectivity index (χ4n) is 1.67. The van der Waals surface area contributed by atoms with E-state index in [1.165, 1.54) is 0 Å². The Kier molecular flexibility index (Phi) is 4.83. The molecule has 0 spiro atoms. The van der Waals surface area contributed by atoms with Crippen molar-refractivity contribution < 1.29 is 4.74 Å². The maximum Gasteiger partial charge on any atom is 0.257 e. The van der Waals surface area contributed by atoms with Crippen molar-refractivity contribution >= 4 is 11.9 Å². The molecule has 0 unspecified atom stereocenters. The molecule has 0 saturated heterocycles. The van der Waals surface area contributed by atoms with Crippen LogP contribution in [0.25, 0.3) is 5.95 Å². The summed E-state index contributed by atoms with van der Waals surface area (Å²) in [6, 6.07) is 1.82. The van der Waals surface area contributed by atoms with E-state index in [9.17, 15) is 0 Å². The smallest absolute Gasteiger partial charge is 0.257 e. The van der Waals surface area contributed by atoms with Gasteiger partial charge >= 0.3 is 0 Å². The number of nitrogens with zero attached hydrogens (tertiary/aromatic N) is 6. The van der Waals surface area contributed by atoms with Crippen LogP contribution in [0.1, 0.15) is 6.42 Å². The Morgan fingerprint density at radius 3 is 2.85 bits per heavy atom. The molecule has 0 aliphatic rings. The fraction of sp³-hybridized carbons (Fsp3) is 0.500. The van der Waals surface area contributed by atoms with E-state index < -0.39 is 0 Å². The molecule has 8 heteroatoms. The topological polar surface area (TPSA) is 81.0 Å². The van der Waals surface area contributed by atoms with Gasteiger partial charge in [-0.3, -0.25) is 0 Å². The molecule has 0 bridgehead atoms. The van der Waals surface area contributed by atoms with Crippen LogP contribution in [-0.4, -0.2) is 59.1 Å². The Balaban J connectivity index is 2.22. The van der Waals surface area contributed by atoms with E-state index in [0.29, 0.717) is 24.5 Å². The van der Waals surface area contributed by atoms with Gasteiger partial charge in [0.05, 0.1) is 0 Å². The van der Waals surface area contributed by atoms with Crippen LogP contribution in [-0.2, 0) is 4.74 Å². The van der Waals surface area contributed by atoms with Crippen molar-refractivity contribution in [1.82, 2.24) is 24.7 Å². The summed E-state index contributed by atoms with van der Waals surface area (Å²) in [6.07, 6.45) is 4.39. The van der Waals surface area contributed by atoms with Gasteiger partial charge in [0.15, 0.2) is 0 Å².